The fourth-order valence-electron chi connectivity index (χ4n) is 2.98. The van der Waals surface area contributed by atoms with Crippen molar-refractivity contribution in [3.63, 3.8) is 0 Å². The number of hydrogen-bond donors (Lipinski definition) is 1. The van der Waals surface area contributed by atoms with Crippen molar-refractivity contribution in [1.29, 1.82) is 0 Å². The monoisotopic (exact) mass is 251 g/mol. The van der Waals surface area contributed by atoms with E-state index in [1.54, 1.807) is 12.1 Å². The van der Waals surface area contributed by atoms with Gasteiger partial charge in [0.2, 0.25) is 0 Å². The first kappa shape index (κ1) is 11.1. The molecule has 3 heteroatoms. The van der Waals surface area contributed by atoms with Gasteiger partial charge < -0.3 is 5.32 Å². The summed E-state index contributed by atoms with van der Waals surface area (Å²) in [4.78, 5) is 0. The number of allylic oxidation sites excluding steroid dienone is 2. The van der Waals surface area contributed by atoms with Crippen molar-refractivity contribution in [2.24, 2.45) is 17.8 Å². The van der Waals surface area contributed by atoms with Gasteiger partial charge in [0.15, 0.2) is 0 Å². The van der Waals surface area contributed by atoms with E-state index in [0.717, 1.165) is 24.1 Å². The van der Waals surface area contributed by atoms with Crippen LogP contribution in [0.1, 0.15) is 12.8 Å². The minimum absolute atomic E-state index is 0.183. The Labute approximate surface area is 106 Å². The molecule has 3 unspecified atom stereocenters. The van der Waals surface area contributed by atoms with Crippen molar-refractivity contribution in [2.45, 2.75) is 12.8 Å². The number of fused-ring (bicyclic) bond motifs is 2. The molecule has 0 saturated heterocycles. The van der Waals surface area contributed by atoms with Crippen LogP contribution in [0.15, 0.2) is 30.4 Å². The van der Waals surface area contributed by atoms with Gasteiger partial charge in [0.05, 0.1) is 5.02 Å². The van der Waals surface area contributed by atoms with Gasteiger partial charge in [-0.05, 0) is 48.8 Å². The maximum absolute atomic E-state index is 13.0. The van der Waals surface area contributed by atoms with E-state index < -0.39 is 0 Å². The van der Waals surface area contributed by atoms with Crippen LogP contribution in [0.25, 0.3) is 0 Å². The third-order valence-electron chi connectivity index (χ3n) is 3.90. The van der Waals surface area contributed by atoms with Gasteiger partial charge >= 0.3 is 0 Å². The minimum atomic E-state index is -0.361. The van der Waals surface area contributed by atoms with Crippen molar-refractivity contribution in [3.05, 3.63) is 41.2 Å². The molecule has 1 aromatic rings. The Morgan fingerprint density at radius 3 is 2.82 bits per heavy atom. The Morgan fingerprint density at radius 2 is 2.18 bits per heavy atom. The summed E-state index contributed by atoms with van der Waals surface area (Å²) in [6.07, 6.45) is 7.29. The van der Waals surface area contributed by atoms with Gasteiger partial charge in [0, 0.05) is 12.2 Å². The van der Waals surface area contributed by atoms with E-state index in [0.29, 0.717) is 5.92 Å². The molecule has 1 aromatic carbocycles. The molecular weight excluding hydrogens is 237 g/mol. The molecule has 1 fully saturated rings. The summed E-state index contributed by atoms with van der Waals surface area (Å²) in [7, 11) is 0. The molecule has 0 aromatic heterocycles. The van der Waals surface area contributed by atoms with Gasteiger partial charge in [-0.2, -0.15) is 0 Å². The second-order valence-electron chi connectivity index (χ2n) is 5.05. The van der Waals surface area contributed by atoms with Crippen molar-refractivity contribution in [2.75, 3.05) is 11.9 Å². The second kappa shape index (κ2) is 4.34. The van der Waals surface area contributed by atoms with Crippen LogP contribution in [-0.4, -0.2) is 6.54 Å². The van der Waals surface area contributed by atoms with Crippen LogP contribution in [0, 0.1) is 23.6 Å². The summed E-state index contributed by atoms with van der Waals surface area (Å²) in [6.45, 7) is 0.952. The highest BCUT2D eigenvalue weighted by molar-refractivity contribution is 6.31. The van der Waals surface area contributed by atoms with Crippen molar-refractivity contribution < 1.29 is 4.39 Å². The Hall–Kier alpha value is -1.02. The molecule has 0 radical (unpaired) electrons. The molecular formula is C14H15ClFN. The average Bonchev–Trinajstić information content (AvgIpc) is 2.92. The van der Waals surface area contributed by atoms with Gasteiger partial charge in [0.1, 0.15) is 5.82 Å². The van der Waals surface area contributed by atoms with Crippen LogP contribution in [0.3, 0.4) is 0 Å². The molecule has 90 valence electrons. The van der Waals surface area contributed by atoms with Crippen LogP contribution in [0.2, 0.25) is 5.02 Å². The Morgan fingerprint density at radius 1 is 1.29 bits per heavy atom. The lowest BCUT2D eigenvalue weighted by atomic mass is 9.93. The van der Waals surface area contributed by atoms with E-state index in [4.69, 9.17) is 11.6 Å². The minimum Gasteiger partial charge on any atom is -0.385 e. The third-order valence-corrected chi connectivity index (χ3v) is 4.19. The van der Waals surface area contributed by atoms with Crippen molar-refractivity contribution in [1.82, 2.24) is 0 Å². The van der Waals surface area contributed by atoms with E-state index in [1.165, 1.54) is 18.9 Å². The molecule has 1 saturated carbocycles. The lowest BCUT2D eigenvalue weighted by Gasteiger charge is -2.19. The van der Waals surface area contributed by atoms with E-state index in [-0.39, 0.29) is 10.8 Å². The molecule has 0 heterocycles. The maximum atomic E-state index is 13.0. The molecule has 0 aliphatic heterocycles. The van der Waals surface area contributed by atoms with Crippen LogP contribution in [0.4, 0.5) is 10.1 Å². The predicted octanol–water partition coefficient (Wildman–Crippen LogP) is 4.10. The van der Waals surface area contributed by atoms with Crippen LogP contribution in [0.5, 0.6) is 0 Å². The molecule has 0 amide bonds. The Kier molecular flexibility index (Phi) is 2.83. The summed E-state index contributed by atoms with van der Waals surface area (Å²) < 4.78 is 13.0. The molecule has 3 rings (SSSR count). The number of rotatable bonds is 3. The number of anilines is 1. The maximum Gasteiger partial charge on any atom is 0.141 e. The fourth-order valence-corrected chi connectivity index (χ4v) is 3.16. The zero-order valence-electron chi connectivity index (χ0n) is 9.50. The number of nitrogens with one attached hydrogen (secondary N) is 1. The van der Waals surface area contributed by atoms with Gasteiger partial charge in [-0.15, -0.1) is 0 Å². The summed E-state index contributed by atoms with van der Waals surface area (Å²) in [5.41, 5.74) is 0.906. The zero-order chi connectivity index (χ0) is 11.8. The molecule has 1 N–H and O–H groups in total. The summed E-state index contributed by atoms with van der Waals surface area (Å²) in [5, 5.41) is 3.54. The predicted molar refractivity (Wildman–Crippen MR) is 68.7 cm³/mol. The SMILES string of the molecule is Fc1ccc(NCC2CC3C=CC2C3)cc1Cl. The molecule has 1 nitrogen and oxygen atoms in total. The van der Waals surface area contributed by atoms with Crippen LogP contribution < -0.4 is 5.32 Å². The van der Waals surface area contributed by atoms with E-state index in [2.05, 4.69) is 17.5 Å². The third kappa shape index (κ3) is 2.19. The molecule has 2 bridgehead atoms. The number of benzene rings is 1. The van der Waals surface area contributed by atoms with Crippen molar-refractivity contribution >= 4 is 17.3 Å². The van der Waals surface area contributed by atoms with Crippen LogP contribution >= 0.6 is 11.6 Å². The fraction of sp³-hybridized carbons (Fsp3) is 0.429. The summed E-state index contributed by atoms with van der Waals surface area (Å²) in [6, 6.07) is 4.80. The molecule has 2 aliphatic carbocycles. The quantitative estimate of drug-likeness (QED) is 0.798. The van der Waals surface area contributed by atoms with E-state index >= 15 is 0 Å². The first-order chi connectivity index (χ1) is 8.22. The first-order valence-electron chi connectivity index (χ1n) is 6.09. The van der Waals surface area contributed by atoms with E-state index in [1.807, 2.05) is 0 Å². The second-order valence-corrected chi connectivity index (χ2v) is 5.46. The summed E-state index contributed by atoms with van der Waals surface area (Å²) >= 11 is 5.75. The van der Waals surface area contributed by atoms with Gasteiger partial charge in [-0.1, -0.05) is 23.8 Å². The highest BCUT2D eigenvalue weighted by Crippen LogP contribution is 2.43. The topological polar surface area (TPSA) is 12.0 Å². The van der Waals surface area contributed by atoms with Crippen molar-refractivity contribution in [3.8, 4) is 0 Å². The molecule has 3 atom stereocenters. The molecule has 0 spiro atoms. The smallest absolute Gasteiger partial charge is 0.141 e. The van der Waals surface area contributed by atoms with Gasteiger partial charge in [-0.3, -0.25) is 0 Å². The average molecular weight is 252 g/mol. The first-order valence-corrected chi connectivity index (χ1v) is 6.47. The van der Waals surface area contributed by atoms with Gasteiger partial charge in [-0.25, -0.2) is 4.39 Å². The molecule has 2 aliphatic rings. The van der Waals surface area contributed by atoms with Gasteiger partial charge in [0.25, 0.3) is 0 Å². The highest BCUT2D eigenvalue weighted by Gasteiger charge is 2.35. The van der Waals surface area contributed by atoms with Crippen LogP contribution in [-0.2, 0) is 0 Å². The Balaban J connectivity index is 1.61. The number of halogens is 2. The Bertz CT molecular complexity index is 458. The van der Waals surface area contributed by atoms with E-state index in [9.17, 15) is 4.39 Å². The highest BCUT2D eigenvalue weighted by atomic mass is 35.5. The zero-order valence-corrected chi connectivity index (χ0v) is 10.3. The normalized spacial score (nSPS) is 29.9. The lowest BCUT2D eigenvalue weighted by Crippen LogP contribution is -2.18. The standard InChI is InChI=1S/C14H15ClFN/c15-13-7-12(3-4-14(13)16)17-8-11-6-9-1-2-10(11)5-9/h1-4,7,9-11,17H,5-6,8H2. The number of hydrogen-bond acceptors (Lipinski definition) is 1. The molecule has 17 heavy (non-hydrogen) atoms. The summed E-state index contributed by atoms with van der Waals surface area (Å²) in [5.74, 6) is 1.89. The lowest BCUT2D eigenvalue weighted by molar-refractivity contribution is 0.472. The largest absolute Gasteiger partial charge is 0.385 e.